The lowest BCUT2D eigenvalue weighted by atomic mass is 10.0. The van der Waals surface area contributed by atoms with Crippen molar-refractivity contribution in [1.29, 1.82) is 0 Å². The van der Waals surface area contributed by atoms with E-state index in [0.29, 0.717) is 6.61 Å². The Morgan fingerprint density at radius 2 is 2.05 bits per heavy atom. The Bertz CT molecular complexity index is 627. The zero-order valence-corrected chi connectivity index (χ0v) is 16.6. The third kappa shape index (κ3) is 4.51. The highest BCUT2D eigenvalue weighted by molar-refractivity contribution is 14.1. The van der Waals surface area contributed by atoms with E-state index in [4.69, 9.17) is 21.1 Å². The van der Waals surface area contributed by atoms with Crippen LogP contribution in [0.2, 0.25) is 5.02 Å². The molecular weight excluding hydrogens is 423 g/mol. The SMILES string of the molecule is Clc1cc[c]([Mg][I])cc1Cc1ccc(O[C@H]2CCOC2)cc1. The molecule has 1 aliphatic rings. The van der Waals surface area contributed by atoms with Crippen molar-refractivity contribution in [2.75, 3.05) is 13.2 Å². The smallest absolute Gasteiger partial charge is 0.488 e. The molecule has 1 atom stereocenters. The van der Waals surface area contributed by atoms with Gasteiger partial charge >= 0.3 is 16.5 Å². The van der Waals surface area contributed by atoms with Gasteiger partial charge in [-0.05, 0) is 35.7 Å². The lowest BCUT2D eigenvalue weighted by Gasteiger charge is -2.12. The fourth-order valence-electron chi connectivity index (χ4n) is 2.55. The first kappa shape index (κ1) is 16.8. The predicted octanol–water partition coefficient (Wildman–Crippen LogP) is 3.78. The van der Waals surface area contributed by atoms with Crippen molar-refractivity contribution in [2.45, 2.75) is 18.9 Å². The van der Waals surface area contributed by atoms with Crippen molar-refractivity contribution in [3.05, 3.63) is 58.6 Å². The molecule has 0 unspecified atom stereocenters. The van der Waals surface area contributed by atoms with Crippen LogP contribution in [0.5, 0.6) is 5.75 Å². The Hall–Kier alpha value is -0.0138. The number of ether oxygens (including phenoxy) is 2. The van der Waals surface area contributed by atoms with Gasteiger partial charge in [-0.15, -0.1) is 0 Å². The standard InChI is InChI=1S/C17H16ClO2.HI.Mg/c18-17-4-2-1-3-14(17)11-13-5-7-15(8-6-13)20-16-9-10-19-12-16;;/h2-8,16H,9-12H2;1H;/q;;+1/p-1/t16-;;/m0../s1. The van der Waals surface area contributed by atoms with E-state index in [-0.39, 0.29) is 22.6 Å². The molecule has 0 amide bonds. The third-order valence-electron chi connectivity index (χ3n) is 3.77. The molecule has 1 heterocycles. The summed E-state index contributed by atoms with van der Waals surface area (Å²) in [4.78, 5) is 0. The summed E-state index contributed by atoms with van der Waals surface area (Å²) < 4.78 is 12.7. The lowest BCUT2D eigenvalue weighted by Crippen LogP contribution is -2.15. The normalized spacial score (nSPS) is 17.3. The minimum atomic E-state index is -0.175. The summed E-state index contributed by atoms with van der Waals surface area (Å²) in [6.45, 7) is 1.50. The van der Waals surface area contributed by atoms with Crippen molar-refractivity contribution >= 4 is 50.6 Å². The van der Waals surface area contributed by atoms with Gasteiger partial charge < -0.3 is 9.47 Å². The second kappa shape index (κ2) is 8.19. The van der Waals surface area contributed by atoms with Crippen molar-refractivity contribution in [3.63, 3.8) is 0 Å². The summed E-state index contributed by atoms with van der Waals surface area (Å²) in [7, 11) is 0. The van der Waals surface area contributed by atoms with Crippen LogP contribution < -0.4 is 8.43 Å². The van der Waals surface area contributed by atoms with Gasteiger partial charge in [-0.2, -0.15) is 3.69 Å². The van der Waals surface area contributed by atoms with Gasteiger partial charge in [0.1, 0.15) is 11.9 Å². The first-order valence-electron chi connectivity index (χ1n) is 7.41. The molecule has 0 spiro atoms. The Balaban J connectivity index is 1.67. The monoisotopic (exact) mass is 438 g/mol. The maximum absolute atomic E-state index is 6.32. The molecule has 1 saturated heterocycles. The van der Waals surface area contributed by atoms with E-state index >= 15 is 0 Å². The van der Waals surface area contributed by atoms with Crippen LogP contribution in [0.1, 0.15) is 17.5 Å². The van der Waals surface area contributed by atoms with Gasteiger partial charge in [0.05, 0.1) is 13.2 Å². The van der Waals surface area contributed by atoms with Crippen LogP contribution in [0.15, 0.2) is 42.5 Å². The van der Waals surface area contributed by atoms with Crippen molar-refractivity contribution in [3.8, 4) is 5.75 Å². The van der Waals surface area contributed by atoms with E-state index in [2.05, 4.69) is 43.1 Å². The first-order valence-corrected chi connectivity index (χ1v) is 13.6. The van der Waals surface area contributed by atoms with Crippen LogP contribution in [0.25, 0.3) is 0 Å². The van der Waals surface area contributed by atoms with E-state index in [1.54, 1.807) is 0 Å². The van der Waals surface area contributed by atoms with Crippen LogP contribution in [-0.2, 0) is 11.2 Å². The largest absolute Gasteiger partial charge is 0.502 e. The summed E-state index contributed by atoms with van der Waals surface area (Å²) in [6, 6.07) is 14.7. The van der Waals surface area contributed by atoms with Gasteiger partial charge in [0.15, 0.2) is 0 Å². The van der Waals surface area contributed by atoms with Gasteiger partial charge in [-0.1, -0.05) is 35.9 Å². The molecule has 1 aliphatic heterocycles. The zero-order chi connectivity index (χ0) is 15.4. The second-order valence-electron chi connectivity index (χ2n) is 5.48. The van der Waals surface area contributed by atoms with Crippen molar-refractivity contribution < 1.29 is 9.47 Å². The summed E-state index contributed by atoms with van der Waals surface area (Å²) in [5.74, 6) is 0.916. The number of benzene rings is 2. The van der Waals surface area contributed by atoms with E-state index in [0.717, 1.165) is 30.2 Å². The maximum Gasteiger partial charge on any atom is 0.502 e. The third-order valence-corrected chi connectivity index (χ3v) is 7.53. The van der Waals surface area contributed by atoms with E-state index in [9.17, 15) is 0 Å². The molecule has 0 aliphatic carbocycles. The van der Waals surface area contributed by atoms with Crippen LogP contribution in [-0.4, -0.2) is 35.8 Å². The molecule has 0 N–H and O–H groups in total. The summed E-state index contributed by atoms with van der Waals surface area (Å²) >= 11 is 8.66. The molecule has 2 nitrogen and oxygen atoms in total. The Kier molecular flexibility index (Phi) is 6.27. The molecule has 3 rings (SSSR count). The Labute approximate surface area is 155 Å². The molecule has 1 fully saturated rings. The molecule has 2 aromatic rings. The highest BCUT2D eigenvalue weighted by Crippen LogP contribution is 2.21. The van der Waals surface area contributed by atoms with Gasteiger partial charge in [-0.3, -0.25) is 18.9 Å². The number of hydrogen-bond donors (Lipinski definition) is 0. The predicted molar refractivity (Wildman–Crippen MR) is 100.0 cm³/mol. The lowest BCUT2D eigenvalue weighted by molar-refractivity contribution is 0.141. The number of rotatable bonds is 5. The summed E-state index contributed by atoms with van der Waals surface area (Å²) in [5, 5.41) is 0.853. The number of hydrogen-bond acceptors (Lipinski definition) is 2. The molecular formula is C17H16ClIMgO2. The zero-order valence-electron chi connectivity index (χ0n) is 12.2. The molecule has 5 heteroatoms. The molecule has 0 aromatic heterocycles. The number of halogens is 2. The topological polar surface area (TPSA) is 18.5 Å². The van der Waals surface area contributed by atoms with Gasteiger partial charge in [-0.25, -0.2) is 0 Å². The highest BCUT2D eigenvalue weighted by atomic mass is 127. The maximum atomic E-state index is 6.32. The molecule has 112 valence electrons. The quantitative estimate of drug-likeness (QED) is 0.522. The average molecular weight is 439 g/mol. The fraction of sp³-hybridized carbons (Fsp3) is 0.294. The molecule has 0 radical (unpaired) electrons. The summed E-state index contributed by atoms with van der Waals surface area (Å²) in [5.41, 5.74) is 2.46. The fourth-order valence-corrected chi connectivity index (χ4v) is 4.69. The van der Waals surface area contributed by atoms with Gasteiger partial charge in [0.2, 0.25) is 0 Å². The Morgan fingerprint density at radius 1 is 1.23 bits per heavy atom. The highest BCUT2D eigenvalue weighted by Gasteiger charge is 2.16. The van der Waals surface area contributed by atoms with Crippen LogP contribution in [0.3, 0.4) is 0 Å². The average Bonchev–Trinajstić information content (AvgIpc) is 3.04. The summed E-state index contributed by atoms with van der Waals surface area (Å²) in [6.07, 6.45) is 2.04. The van der Waals surface area contributed by atoms with E-state index < -0.39 is 0 Å². The van der Waals surface area contributed by atoms with Gasteiger partial charge in [0, 0.05) is 11.4 Å². The van der Waals surface area contributed by atoms with Crippen molar-refractivity contribution in [1.82, 2.24) is 0 Å². The van der Waals surface area contributed by atoms with E-state index in [1.807, 2.05) is 18.2 Å². The molecule has 22 heavy (non-hydrogen) atoms. The molecule has 0 saturated carbocycles. The van der Waals surface area contributed by atoms with Crippen molar-refractivity contribution in [2.24, 2.45) is 0 Å². The van der Waals surface area contributed by atoms with Gasteiger partial charge in [0.25, 0.3) is 0 Å². The minimum Gasteiger partial charge on any atom is -0.488 e. The molecule has 0 bridgehead atoms. The molecule has 2 aromatic carbocycles. The van der Waals surface area contributed by atoms with Crippen LogP contribution in [0, 0.1) is 0 Å². The Morgan fingerprint density at radius 3 is 2.73 bits per heavy atom. The second-order valence-corrected chi connectivity index (χ2v) is 9.26. The van der Waals surface area contributed by atoms with E-state index in [1.165, 1.54) is 14.8 Å². The van der Waals surface area contributed by atoms with Crippen LogP contribution in [0.4, 0.5) is 0 Å². The van der Waals surface area contributed by atoms with Crippen LogP contribution >= 0.6 is 30.5 Å². The first-order chi connectivity index (χ1) is 10.7. The minimum absolute atomic E-state index is 0.175.